The number of hydrogen-bond acceptors (Lipinski definition) is 3. The van der Waals surface area contributed by atoms with Gasteiger partial charge in [-0.05, 0) is 37.4 Å². The summed E-state index contributed by atoms with van der Waals surface area (Å²) in [5, 5.41) is 0.141. The van der Waals surface area contributed by atoms with Gasteiger partial charge >= 0.3 is 5.97 Å². The Labute approximate surface area is 142 Å². The predicted molar refractivity (Wildman–Crippen MR) is 97.6 cm³/mol. The fraction of sp³-hybridized carbons (Fsp3) is 0.632. The number of hydrogen-bond donors (Lipinski definition) is 0. The van der Waals surface area contributed by atoms with Crippen LogP contribution >= 0.6 is 0 Å². The van der Waals surface area contributed by atoms with Crippen molar-refractivity contribution in [2.75, 3.05) is 6.61 Å². The first-order chi connectivity index (χ1) is 10.7. The number of cyclic esters (lactones) is 1. The molecule has 3 nitrogen and oxygen atoms in total. The minimum absolute atomic E-state index is 0.0937. The van der Waals surface area contributed by atoms with E-state index in [9.17, 15) is 4.79 Å². The standard InChI is InChI=1S/C19H30O3Si/c1-19(2,3)23(4,5)22-17-13-10-8-6-7-9-11-16-21-18(20)15-12-14-17/h6,8,10,13,17H,7,9,11,14,16H2,1-5H3/b8-6-,13-10+. The van der Waals surface area contributed by atoms with Gasteiger partial charge < -0.3 is 9.16 Å². The van der Waals surface area contributed by atoms with E-state index in [2.05, 4.69) is 57.9 Å². The van der Waals surface area contributed by atoms with Gasteiger partial charge in [0, 0.05) is 12.3 Å². The second kappa shape index (κ2) is 9.10. The summed E-state index contributed by atoms with van der Waals surface area (Å²) in [7, 11) is -1.88. The zero-order valence-corrected chi connectivity index (χ0v) is 16.1. The summed E-state index contributed by atoms with van der Waals surface area (Å²) in [6, 6.07) is 0. The molecule has 0 N–H and O–H groups in total. The summed E-state index contributed by atoms with van der Waals surface area (Å²) < 4.78 is 11.5. The normalized spacial score (nSPS) is 23.9. The van der Waals surface area contributed by atoms with Gasteiger partial charge in [0.05, 0.1) is 12.7 Å². The maximum atomic E-state index is 11.5. The third kappa shape index (κ3) is 7.67. The fourth-order valence-corrected chi connectivity index (χ4v) is 3.13. The van der Waals surface area contributed by atoms with Gasteiger partial charge in [0.2, 0.25) is 0 Å². The van der Waals surface area contributed by atoms with Crippen LogP contribution in [-0.4, -0.2) is 27.0 Å². The van der Waals surface area contributed by atoms with Crippen molar-refractivity contribution in [1.82, 2.24) is 0 Å². The Bertz CT molecular complexity index is 501. The SMILES string of the molecule is CC(C)(C)[Si](C)(C)OC1/C=C/C=C\CCCCOC(=O)C#CC1. The van der Waals surface area contributed by atoms with Crippen LogP contribution in [0.2, 0.25) is 18.1 Å². The fourth-order valence-electron chi connectivity index (χ4n) is 1.86. The number of esters is 1. The van der Waals surface area contributed by atoms with Crippen LogP contribution in [0.15, 0.2) is 24.3 Å². The summed E-state index contributed by atoms with van der Waals surface area (Å²) in [6.07, 6.45) is 11.6. The van der Waals surface area contributed by atoms with E-state index in [0.29, 0.717) is 13.0 Å². The summed E-state index contributed by atoms with van der Waals surface area (Å²) >= 11 is 0. The van der Waals surface area contributed by atoms with Crippen LogP contribution in [0.3, 0.4) is 0 Å². The Kier molecular flexibility index (Phi) is 7.81. The second-order valence-corrected chi connectivity index (χ2v) is 12.1. The van der Waals surface area contributed by atoms with Gasteiger partial charge in [-0.2, -0.15) is 0 Å². The van der Waals surface area contributed by atoms with Crippen molar-refractivity contribution in [1.29, 1.82) is 0 Å². The molecule has 0 aromatic carbocycles. The van der Waals surface area contributed by atoms with Crippen LogP contribution < -0.4 is 0 Å². The number of carbonyl (C=O) groups excluding carboxylic acids is 1. The largest absolute Gasteiger partial charge is 0.456 e. The lowest BCUT2D eigenvalue weighted by Crippen LogP contribution is -2.43. The lowest BCUT2D eigenvalue weighted by atomic mass is 10.2. The van der Waals surface area contributed by atoms with Crippen LogP contribution in [-0.2, 0) is 14.0 Å². The summed E-state index contributed by atoms with van der Waals surface area (Å²) in [6.45, 7) is 11.5. The van der Waals surface area contributed by atoms with Gasteiger partial charge in [-0.25, -0.2) is 4.79 Å². The van der Waals surface area contributed by atoms with Crippen molar-refractivity contribution in [2.24, 2.45) is 0 Å². The molecule has 0 spiro atoms. The van der Waals surface area contributed by atoms with Crippen molar-refractivity contribution in [3.8, 4) is 11.8 Å². The maximum absolute atomic E-state index is 11.5. The molecule has 0 aromatic rings. The number of rotatable bonds is 2. The van der Waals surface area contributed by atoms with E-state index in [1.54, 1.807) is 0 Å². The van der Waals surface area contributed by atoms with Gasteiger partial charge in [0.25, 0.3) is 0 Å². The number of allylic oxidation sites excluding steroid dienone is 3. The van der Waals surface area contributed by atoms with Gasteiger partial charge in [0.1, 0.15) is 0 Å². The molecule has 4 heteroatoms. The van der Waals surface area contributed by atoms with E-state index in [4.69, 9.17) is 9.16 Å². The van der Waals surface area contributed by atoms with E-state index >= 15 is 0 Å². The van der Waals surface area contributed by atoms with Gasteiger partial charge in [-0.3, -0.25) is 0 Å². The van der Waals surface area contributed by atoms with Gasteiger partial charge in [-0.15, -0.1) is 0 Å². The Morgan fingerprint density at radius 3 is 2.70 bits per heavy atom. The Hall–Kier alpha value is -1.31. The lowest BCUT2D eigenvalue weighted by Gasteiger charge is -2.38. The van der Waals surface area contributed by atoms with E-state index in [-0.39, 0.29) is 11.1 Å². The molecule has 0 aliphatic carbocycles. The molecule has 1 aliphatic heterocycles. The highest BCUT2D eigenvalue weighted by atomic mass is 28.4. The third-order valence-electron chi connectivity index (χ3n) is 4.32. The molecule has 1 atom stereocenters. The zero-order valence-electron chi connectivity index (χ0n) is 15.1. The highest BCUT2D eigenvalue weighted by Gasteiger charge is 2.38. The molecule has 0 saturated heterocycles. The van der Waals surface area contributed by atoms with E-state index in [1.807, 2.05) is 12.2 Å². The van der Waals surface area contributed by atoms with Crippen LogP contribution in [0.25, 0.3) is 0 Å². The first kappa shape index (κ1) is 19.7. The van der Waals surface area contributed by atoms with Crippen molar-refractivity contribution < 1.29 is 14.0 Å². The molecular weight excluding hydrogens is 304 g/mol. The average molecular weight is 335 g/mol. The Balaban J connectivity index is 2.85. The van der Waals surface area contributed by atoms with Gasteiger partial charge in [-0.1, -0.05) is 51.0 Å². The quantitative estimate of drug-likeness (QED) is 0.320. The van der Waals surface area contributed by atoms with Crippen molar-refractivity contribution >= 4 is 14.3 Å². The molecule has 0 fully saturated rings. The lowest BCUT2D eigenvalue weighted by molar-refractivity contribution is -0.136. The molecule has 1 unspecified atom stereocenters. The monoisotopic (exact) mass is 334 g/mol. The molecule has 1 rings (SSSR count). The molecule has 0 bridgehead atoms. The highest BCUT2D eigenvalue weighted by Crippen LogP contribution is 2.37. The average Bonchev–Trinajstić information content (AvgIpc) is 2.43. The van der Waals surface area contributed by atoms with Crippen LogP contribution in [0.5, 0.6) is 0 Å². The smallest absolute Gasteiger partial charge is 0.384 e. The summed E-state index contributed by atoms with van der Waals surface area (Å²) in [4.78, 5) is 11.5. The van der Waals surface area contributed by atoms with Crippen LogP contribution in [0.4, 0.5) is 0 Å². The third-order valence-corrected chi connectivity index (χ3v) is 8.82. The molecule has 0 aromatic heterocycles. The van der Waals surface area contributed by atoms with Crippen LogP contribution in [0, 0.1) is 11.8 Å². The second-order valence-electron chi connectivity index (χ2n) is 7.37. The summed E-state index contributed by atoms with van der Waals surface area (Å²) in [5.74, 6) is 5.04. The minimum Gasteiger partial charge on any atom is -0.456 e. The first-order valence-corrected chi connectivity index (χ1v) is 11.3. The maximum Gasteiger partial charge on any atom is 0.384 e. The van der Waals surface area contributed by atoms with Crippen LogP contribution in [0.1, 0.15) is 46.5 Å². The molecular formula is C19H30O3Si. The molecule has 1 aliphatic rings. The molecule has 23 heavy (non-hydrogen) atoms. The minimum atomic E-state index is -1.88. The number of carbonyl (C=O) groups is 1. The van der Waals surface area contributed by atoms with E-state index < -0.39 is 14.3 Å². The highest BCUT2D eigenvalue weighted by molar-refractivity contribution is 6.74. The molecule has 128 valence electrons. The molecule has 0 radical (unpaired) electrons. The summed E-state index contributed by atoms with van der Waals surface area (Å²) in [5.41, 5.74) is 0. The van der Waals surface area contributed by atoms with E-state index in [0.717, 1.165) is 19.3 Å². The van der Waals surface area contributed by atoms with Gasteiger partial charge in [0.15, 0.2) is 8.32 Å². The Morgan fingerprint density at radius 1 is 1.26 bits per heavy atom. The topological polar surface area (TPSA) is 35.5 Å². The molecule has 0 saturated carbocycles. The molecule has 1 heterocycles. The van der Waals surface area contributed by atoms with Crippen molar-refractivity contribution in [3.05, 3.63) is 24.3 Å². The van der Waals surface area contributed by atoms with Crippen molar-refractivity contribution in [3.63, 3.8) is 0 Å². The van der Waals surface area contributed by atoms with Crippen molar-refractivity contribution in [2.45, 2.75) is 70.7 Å². The first-order valence-electron chi connectivity index (χ1n) is 8.39. The molecule has 0 amide bonds. The zero-order chi connectivity index (χ0) is 17.3. The predicted octanol–water partition coefficient (Wildman–Crippen LogP) is 4.61. The Morgan fingerprint density at radius 2 is 2.00 bits per heavy atom. The van der Waals surface area contributed by atoms with E-state index in [1.165, 1.54) is 0 Å². The number of ether oxygens (including phenoxy) is 1.